The monoisotopic (exact) mass is 518 g/mol. The van der Waals surface area contributed by atoms with Gasteiger partial charge < -0.3 is 0 Å². The van der Waals surface area contributed by atoms with Gasteiger partial charge in [-0.15, -0.1) is 11.8 Å². The van der Waals surface area contributed by atoms with Gasteiger partial charge in [0.2, 0.25) is 16.1 Å². The first kappa shape index (κ1) is 25.6. The van der Waals surface area contributed by atoms with Gasteiger partial charge in [-0.1, -0.05) is 96.6 Å². The minimum Gasteiger partial charge on any atom is -0.264 e. The van der Waals surface area contributed by atoms with Crippen LogP contribution in [0.3, 0.4) is 0 Å². The van der Waals surface area contributed by atoms with E-state index in [2.05, 4.69) is 4.72 Å². The van der Waals surface area contributed by atoms with E-state index < -0.39 is 27.4 Å². The Balaban J connectivity index is 1.82. The van der Waals surface area contributed by atoms with E-state index in [0.717, 1.165) is 16.0 Å². The van der Waals surface area contributed by atoms with Crippen molar-refractivity contribution in [2.24, 2.45) is 0 Å². The van der Waals surface area contributed by atoms with Gasteiger partial charge in [0, 0.05) is 9.82 Å². The largest absolute Gasteiger partial charge is 0.264 e. The van der Waals surface area contributed by atoms with Gasteiger partial charge in [0.15, 0.2) is 0 Å². The Hall–Kier alpha value is -3.46. The first-order valence-corrected chi connectivity index (χ1v) is 13.8. The summed E-state index contributed by atoms with van der Waals surface area (Å²) >= 11 is 1.35. The molecule has 4 rings (SSSR count). The normalized spacial score (nSPS) is 14.0. The van der Waals surface area contributed by atoms with Crippen LogP contribution in [0.25, 0.3) is 0 Å². The zero-order valence-corrected chi connectivity index (χ0v) is 21.2. The lowest BCUT2D eigenvalue weighted by Crippen LogP contribution is -2.42. The smallest absolute Gasteiger partial charge is 0.249 e. The molecule has 0 aliphatic heterocycles. The molecule has 0 heterocycles. The number of benzene rings is 4. The molecular weight excluding hydrogens is 492 g/mol. The summed E-state index contributed by atoms with van der Waals surface area (Å²) in [5, 5.41) is 12.1. The maximum absolute atomic E-state index is 13.4. The van der Waals surface area contributed by atoms with Gasteiger partial charge in [-0.25, -0.2) is 8.42 Å². The molecule has 6 nitrogen and oxygen atoms in total. The van der Waals surface area contributed by atoms with Crippen LogP contribution in [0.2, 0.25) is 0 Å². The average Bonchev–Trinajstić information content (AvgIpc) is 2.89. The van der Waals surface area contributed by atoms with Gasteiger partial charge in [0.05, 0.1) is 4.90 Å². The van der Waals surface area contributed by atoms with E-state index in [-0.39, 0.29) is 9.82 Å². The number of nitro groups is 1. The highest BCUT2D eigenvalue weighted by atomic mass is 32.2. The van der Waals surface area contributed by atoms with Gasteiger partial charge in [0.1, 0.15) is 11.3 Å². The van der Waals surface area contributed by atoms with Gasteiger partial charge in [-0.3, -0.25) is 10.1 Å². The van der Waals surface area contributed by atoms with Crippen molar-refractivity contribution in [3.63, 3.8) is 0 Å². The fourth-order valence-corrected chi connectivity index (χ4v) is 6.52. The molecule has 0 saturated heterocycles. The highest BCUT2D eigenvalue weighted by molar-refractivity contribution is 7.99. The average molecular weight is 519 g/mol. The Kier molecular flexibility index (Phi) is 8.20. The first-order valence-electron chi connectivity index (χ1n) is 11.4. The summed E-state index contributed by atoms with van der Waals surface area (Å²) in [5.41, 5.74) is 2.17. The van der Waals surface area contributed by atoms with Crippen molar-refractivity contribution >= 4 is 21.8 Å². The second-order valence-corrected chi connectivity index (χ2v) is 11.3. The molecule has 3 atom stereocenters. The maximum atomic E-state index is 13.4. The zero-order chi connectivity index (χ0) is 25.5. The highest BCUT2D eigenvalue weighted by Gasteiger charge is 2.43. The summed E-state index contributed by atoms with van der Waals surface area (Å²) in [7, 11) is -4.06. The number of hydrogen-bond donors (Lipinski definition) is 1. The van der Waals surface area contributed by atoms with E-state index in [1.54, 1.807) is 42.5 Å². The zero-order valence-electron chi connectivity index (χ0n) is 19.6. The topological polar surface area (TPSA) is 89.3 Å². The lowest BCUT2D eigenvalue weighted by Gasteiger charge is -2.28. The van der Waals surface area contributed by atoms with Crippen LogP contribution in [0.1, 0.15) is 28.0 Å². The third-order valence-electron chi connectivity index (χ3n) is 5.80. The van der Waals surface area contributed by atoms with Crippen LogP contribution in [0, 0.1) is 17.0 Å². The number of nitrogens with zero attached hydrogens (tertiary/aromatic N) is 1. The molecule has 0 aliphatic carbocycles. The van der Waals surface area contributed by atoms with Crippen LogP contribution in [0.4, 0.5) is 0 Å². The van der Waals surface area contributed by atoms with Crippen LogP contribution in [0.5, 0.6) is 0 Å². The van der Waals surface area contributed by atoms with E-state index >= 15 is 0 Å². The van der Waals surface area contributed by atoms with Crippen molar-refractivity contribution in [2.75, 3.05) is 0 Å². The predicted octanol–water partition coefficient (Wildman–Crippen LogP) is 6.19. The second kappa shape index (κ2) is 11.5. The minimum absolute atomic E-state index is 0.0584. The summed E-state index contributed by atoms with van der Waals surface area (Å²) < 4.78 is 29.5. The summed E-state index contributed by atoms with van der Waals surface area (Å²) in [6.07, 6.45) is 0. The lowest BCUT2D eigenvalue weighted by molar-refractivity contribution is -0.527. The van der Waals surface area contributed by atoms with E-state index in [9.17, 15) is 18.5 Å². The third kappa shape index (κ3) is 6.20. The van der Waals surface area contributed by atoms with Crippen molar-refractivity contribution in [1.29, 1.82) is 0 Å². The molecule has 0 aromatic heterocycles. The second-order valence-electron chi connectivity index (χ2n) is 8.36. The molecule has 4 aromatic carbocycles. The minimum atomic E-state index is -4.06. The van der Waals surface area contributed by atoms with Crippen LogP contribution in [0.15, 0.2) is 125 Å². The number of aryl methyl sites for hydroxylation is 1. The number of sulfonamides is 1. The molecule has 0 spiro atoms. The van der Waals surface area contributed by atoms with Crippen LogP contribution >= 0.6 is 11.8 Å². The van der Waals surface area contributed by atoms with E-state index in [1.165, 1.54) is 23.9 Å². The first-order chi connectivity index (χ1) is 17.3. The van der Waals surface area contributed by atoms with Crippen molar-refractivity contribution in [1.82, 2.24) is 4.72 Å². The Morgan fingerprint density at radius 2 is 1.25 bits per heavy atom. The number of nitrogens with one attached hydrogen (secondary N) is 1. The summed E-state index contributed by atoms with van der Waals surface area (Å²) in [6, 6.07) is 31.4. The lowest BCUT2D eigenvalue weighted by atomic mass is 9.94. The van der Waals surface area contributed by atoms with E-state index in [4.69, 9.17) is 0 Å². The summed E-state index contributed by atoms with van der Waals surface area (Å²) in [6.45, 7) is 1.87. The fourth-order valence-electron chi connectivity index (χ4n) is 3.98. The molecular formula is C28H26N2O4S2. The number of rotatable bonds is 10. The third-order valence-corrected chi connectivity index (χ3v) is 8.61. The molecule has 4 aromatic rings. The Bertz CT molecular complexity index is 1380. The molecule has 0 amide bonds. The van der Waals surface area contributed by atoms with Crippen molar-refractivity contribution < 1.29 is 13.3 Å². The molecule has 0 aliphatic rings. The highest BCUT2D eigenvalue weighted by Crippen LogP contribution is 2.43. The van der Waals surface area contributed by atoms with E-state index in [1.807, 2.05) is 67.6 Å². The van der Waals surface area contributed by atoms with Crippen LogP contribution in [-0.4, -0.2) is 19.4 Å². The summed E-state index contributed by atoms with van der Waals surface area (Å²) in [5.74, 6) is 0. The molecule has 0 bridgehead atoms. The quantitative estimate of drug-likeness (QED) is 0.154. The molecule has 0 fully saturated rings. The van der Waals surface area contributed by atoms with Gasteiger partial charge in [-0.2, -0.15) is 4.72 Å². The Morgan fingerprint density at radius 3 is 1.78 bits per heavy atom. The number of hydrogen-bond acceptors (Lipinski definition) is 5. The number of thioether (sulfide) groups is 1. The van der Waals surface area contributed by atoms with Crippen molar-refractivity contribution in [3.8, 4) is 0 Å². The van der Waals surface area contributed by atoms with Gasteiger partial charge in [0.25, 0.3) is 0 Å². The SMILES string of the molecule is Cc1ccc(S(=O)(=O)N[C@H](c2ccccc2)[C@@H]([C@H](Sc2ccccc2)c2ccccc2)[N+](=O)[O-])cc1. The Labute approximate surface area is 215 Å². The van der Waals surface area contributed by atoms with Crippen molar-refractivity contribution in [3.05, 3.63) is 142 Å². The van der Waals surface area contributed by atoms with Gasteiger partial charge >= 0.3 is 0 Å². The van der Waals surface area contributed by atoms with Crippen LogP contribution in [-0.2, 0) is 10.0 Å². The predicted molar refractivity (Wildman–Crippen MR) is 143 cm³/mol. The van der Waals surface area contributed by atoms with E-state index in [0.29, 0.717) is 5.56 Å². The van der Waals surface area contributed by atoms with Crippen LogP contribution < -0.4 is 4.72 Å². The summed E-state index contributed by atoms with van der Waals surface area (Å²) in [4.78, 5) is 13.3. The molecule has 0 radical (unpaired) electrons. The van der Waals surface area contributed by atoms with Crippen molar-refractivity contribution in [2.45, 2.75) is 34.0 Å². The Morgan fingerprint density at radius 1 is 0.750 bits per heavy atom. The molecule has 0 unspecified atom stereocenters. The maximum Gasteiger partial charge on any atom is 0.249 e. The fraction of sp³-hybridized carbons (Fsp3) is 0.143. The standard InChI is InChI=1S/C28H26N2O4S2/c1-21-17-19-25(20-18-21)36(33,34)29-26(22-11-5-2-6-12-22)27(30(31)32)28(23-13-7-3-8-14-23)35-24-15-9-4-10-16-24/h2-20,26-29H,1H3/t26-,27+,28-/m1/s1. The van der Waals surface area contributed by atoms with Gasteiger partial charge in [-0.05, 0) is 42.3 Å². The molecule has 1 N–H and O–H groups in total. The molecule has 36 heavy (non-hydrogen) atoms. The molecule has 0 saturated carbocycles. The molecule has 184 valence electrons. The molecule has 8 heteroatoms.